The quantitative estimate of drug-likeness (QED) is 0.647. The van der Waals surface area contributed by atoms with E-state index in [1.165, 1.54) is 0 Å². The maximum absolute atomic E-state index is 5.34. The van der Waals surface area contributed by atoms with Crippen molar-refractivity contribution in [2.45, 2.75) is 6.54 Å². The highest BCUT2D eigenvalue weighted by Gasteiger charge is 2.01. The summed E-state index contributed by atoms with van der Waals surface area (Å²) in [4.78, 5) is 7.97. The molecule has 2 heterocycles. The molecule has 0 aliphatic rings. The average Bonchev–Trinajstić information content (AvgIpc) is 2.46. The van der Waals surface area contributed by atoms with Gasteiger partial charge in [-0.1, -0.05) is 0 Å². The Morgan fingerprint density at radius 1 is 1.55 bits per heavy atom. The summed E-state index contributed by atoms with van der Waals surface area (Å²) >= 11 is 0. The Morgan fingerprint density at radius 3 is 3.18 bits per heavy atom. The molecule has 11 heavy (non-hydrogen) atoms. The monoisotopic (exact) mass is 149 g/mol. The van der Waals surface area contributed by atoms with E-state index in [9.17, 15) is 0 Å². The molecule has 0 radical (unpaired) electrons. The molecule has 0 unspecified atom stereocenters. The van der Waals surface area contributed by atoms with Crippen molar-refractivity contribution >= 4 is 11.1 Å². The minimum absolute atomic E-state index is 0.328. The van der Waals surface area contributed by atoms with E-state index >= 15 is 0 Å². The summed E-state index contributed by atoms with van der Waals surface area (Å²) in [6.07, 6.45) is 3.31. The summed E-state index contributed by atoms with van der Waals surface area (Å²) in [6, 6.07) is 1.77. The van der Waals surface area contributed by atoms with Gasteiger partial charge in [-0.25, -0.2) is 4.98 Å². The van der Waals surface area contributed by atoms with Crippen molar-refractivity contribution in [1.29, 1.82) is 0 Å². The predicted octanol–water partition coefficient (Wildman–Crippen LogP) is 0.681. The summed E-state index contributed by atoms with van der Waals surface area (Å²) in [6.45, 7) is 0.328. The lowest BCUT2D eigenvalue weighted by Gasteiger charge is -1.80. The van der Waals surface area contributed by atoms with Crippen LogP contribution in [0.1, 0.15) is 5.89 Å². The molecule has 0 aromatic carbocycles. The molecular formula is C7H7N3O. The fraction of sp³-hybridized carbons (Fsp3) is 0.143. The van der Waals surface area contributed by atoms with Gasteiger partial charge in [-0.2, -0.15) is 0 Å². The van der Waals surface area contributed by atoms with E-state index in [1.807, 2.05) is 0 Å². The molecule has 2 N–H and O–H groups in total. The van der Waals surface area contributed by atoms with Crippen LogP contribution in [0.15, 0.2) is 22.9 Å². The van der Waals surface area contributed by atoms with Gasteiger partial charge in [0.05, 0.1) is 12.7 Å². The van der Waals surface area contributed by atoms with Crippen molar-refractivity contribution in [3.05, 3.63) is 24.4 Å². The number of aromatic nitrogens is 2. The molecule has 0 saturated heterocycles. The molecule has 0 aliphatic carbocycles. The molecule has 4 heteroatoms. The van der Waals surface area contributed by atoms with Gasteiger partial charge in [0.2, 0.25) is 5.89 Å². The van der Waals surface area contributed by atoms with E-state index in [2.05, 4.69) is 9.97 Å². The van der Waals surface area contributed by atoms with Crippen molar-refractivity contribution in [2.75, 3.05) is 0 Å². The third-order valence-corrected chi connectivity index (χ3v) is 1.41. The number of nitrogens with two attached hydrogens (primary N) is 1. The number of oxazole rings is 1. The van der Waals surface area contributed by atoms with Crippen LogP contribution in [-0.2, 0) is 6.54 Å². The van der Waals surface area contributed by atoms with E-state index < -0.39 is 0 Å². The molecule has 0 bridgehead atoms. The van der Waals surface area contributed by atoms with Crippen LogP contribution in [0, 0.1) is 0 Å². The fourth-order valence-corrected chi connectivity index (χ4v) is 0.915. The molecule has 0 fully saturated rings. The topological polar surface area (TPSA) is 64.9 Å². The Morgan fingerprint density at radius 2 is 2.45 bits per heavy atom. The number of rotatable bonds is 1. The third kappa shape index (κ3) is 0.969. The maximum atomic E-state index is 5.34. The molecule has 0 saturated carbocycles. The first-order valence-corrected chi connectivity index (χ1v) is 3.29. The SMILES string of the molecule is NCc1nc2cnccc2o1. The van der Waals surface area contributed by atoms with E-state index in [0.717, 1.165) is 11.1 Å². The summed E-state index contributed by atoms with van der Waals surface area (Å²) in [7, 11) is 0. The lowest BCUT2D eigenvalue weighted by atomic mass is 10.4. The molecule has 2 aromatic rings. The molecule has 0 amide bonds. The van der Waals surface area contributed by atoms with E-state index in [-0.39, 0.29) is 0 Å². The van der Waals surface area contributed by atoms with Crippen molar-refractivity contribution in [2.24, 2.45) is 5.73 Å². The molecule has 0 aliphatic heterocycles. The largest absolute Gasteiger partial charge is 0.439 e. The van der Waals surface area contributed by atoms with Gasteiger partial charge >= 0.3 is 0 Å². The Balaban J connectivity index is 2.69. The predicted molar refractivity (Wildman–Crippen MR) is 39.7 cm³/mol. The molecule has 2 rings (SSSR count). The van der Waals surface area contributed by atoms with Gasteiger partial charge in [0.1, 0.15) is 5.52 Å². The first-order valence-electron chi connectivity index (χ1n) is 3.29. The van der Waals surface area contributed by atoms with Gasteiger partial charge in [0, 0.05) is 12.3 Å². The van der Waals surface area contributed by atoms with Crippen LogP contribution in [0.4, 0.5) is 0 Å². The summed E-state index contributed by atoms with van der Waals surface area (Å²) < 4.78 is 5.24. The number of nitrogens with zero attached hydrogens (tertiary/aromatic N) is 2. The summed E-state index contributed by atoms with van der Waals surface area (Å²) in [5.41, 5.74) is 6.83. The Labute approximate surface area is 63.1 Å². The molecule has 2 aromatic heterocycles. The molecule has 56 valence electrons. The minimum atomic E-state index is 0.328. The zero-order chi connectivity index (χ0) is 7.68. The van der Waals surface area contributed by atoms with Gasteiger partial charge in [0.25, 0.3) is 0 Å². The molecule has 4 nitrogen and oxygen atoms in total. The van der Waals surface area contributed by atoms with E-state index in [0.29, 0.717) is 12.4 Å². The van der Waals surface area contributed by atoms with Gasteiger partial charge in [-0.05, 0) is 0 Å². The second kappa shape index (κ2) is 2.32. The lowest BCUT2D eigenvalue weighted by molar-refractivity contribution is 0.533. The maximum Gasteiger partial charge on any atom is 0.209 e. The van der Waals surface area contributed by atoms with Crippen LogP contribution in [0.25, 0.3) is 11.1 Å². The van der Waals surface area contributed by atoms with Gasteiger partial charge < -0.3 is 10.2 Å². The van der Waals surface area contributed by atoms with E-state index in [1.54, 1.807) is 18.5 Å². The Bertz CT molecular complexity index is 335. The highest BCUT2D eigenvalue weighted by atomic mass is 16.3. The van der Waals surface area contributed by atoms with Gasteiger partial charge in [-0.15, -0.1) is 0 Å². The number of pyridine rings is 1. The third-order valence-electron chi connectivity index (χ3n) is 1.41. The minimum Gasteiger partial charge on any atom is -0.439 e. The van der Waals surface area contributed by atoms with Crippen molar-refractivity contribution in [1.82, 2.24) is 9.97 Å². The zero-order valence-electron chi connectivity index (χ0n) is 5.82. The average molecular weight is 149 g/mol. The normalized spacial score (nSPS) is 10.6. The van der Waals surface area contributed by atoms with Gasteiger partial charge in [-0.3, -0.25) is 4.98 Å². The van der Waals surface area contributed by atoms with Crippen molar-refractivity contribution in [3.8, 4) is 0 Å². The second-order valence-electron chi connectivity index (χ2n) is 2.16. The smallest absolute Gasteiger partial charge is 0.209 e. The van der Waals surface area contributed by atoms with Gasteiger partial charge in [0.15, 0.2) is 5.58 Å². The van der Waals surface area contributed by atoms with Crippen LogP contribution in [-0.4, -0.2) is 9.97 Å². The lowest BCUT2D eigenvalue weighted by Crippen LogP contribution is -1.94. The number of fused-ring (bicyclic) bond motifs is 1. The molecular weight excluding hydrogens is 142 g/mol. The van der Waals surface area contributed by atoms with Crippen molar-refractivity contribution < 1.29 is 4.42 Å². The Hall–Kier alpha value is -1.42. The van der Waals surface area contributed by atoms with Crippen LogP contribution < -0.4 is 5.73 Å². The number of hydrogen-bond donors (Lipinski definition) is 1. The Kier molecular flexibility index (Phi) is 1.33. The standard InChI is InChI=1S/C7H7N3O/c8-3-7-10-5-4-9-2-1-6(5)11-7/h1-2,4H,3,8H2. The molecule has 0 spiro atoms. The first kappa shape index (κ1) is 6.30. The highest BCUT2D eigenvalue weighted by Crippen LogP contribution is 2.12. The highest BCUT2D eigenvalue weighted by molar-refractivity contribution is 5.70. The fourth-order valence-electron chi connectivity index (χ4n) is 0.915. The van der Waals surface area contributed by atoms with Crippen LogP contribution in [0.2, 0.25) is 0 Å². The summed E-state index contributed by atoms with van der Waals surface area (Å²) in [5, 5.41) is 0. The van der Waals surface area contributed by atoms with Crippen LogP contribution in [0.3, 0.4) is 0 Å². The van der Waals surface area contributed by atoms with E-state index in [4.69, 9.17) is 10.2 Å². The summed E-state index contributed by atoms with van der Waals surface area (Å²) in [5.74, 6) is 0.549. The molecule has 0 atom stereocenters. The number of hydrogen-bond acceptors (Lipinski definition) is 4. The van der Waals surface area contributed by atoms with Crippen LogP contribution in [0.5, 0.6) is 0 Å². The second-order valence-corrected chi connectivity index (χ2v) is 2.16. The first-order chi connectivity index (χ1) is 5.40. The zero-order valence-corrected chi connectivity index (χ0v) is 5.82. The van der Waals surface area contributed by atoms with Crippen molar-refractivity contribution in [3.63, 3.8) is 0 Å². The van der Waals surface area contributed by atoms with Crippen LogP contribution >= 0.6 is 0 Å².